The van der Waals surface area contributed by atoms with Crippen LogP contribution in [0.1, 0.15) is 32.4 Å². The van der Waals surface area contributed by atoms with E-state index in [0.29, 0.717) is 13.1 Å². The van der Waals surface area contributed by atoms with Crippen molar-refractivity contribution in [2.24, 2.45) is 0 Å². The lowest BCUT2D eigenvalue weighted by atomic mass is 9.98. The largest absolute Gasteiger partial charge is 0.467 e. The van der Waals surface area contributed by atoms with Gasteiger partial charge in [0, 0.05) is 6.54 Å². The van der Waals surface area contributed by atoms with Gasteiger partial charge in [-0.1, -0.05) is 0 Å². The maximum absolute atomic E-state index is 12.4. The highest BCUT2D eigenvalue weighted by atomic mass is 16.3. The highest BCUT2D eigenvalue weighted by molar-refractivity contribution is 5.86. The molecule has 1 fully saturated rings. The van der Waals surface area contributed by atoms with E-state index in [1.165, 1.54) is 0 Å². The summed E-state index contributed by atoms with van der Waals surface area (Å²) in [6.07, 6.45) is 3.63. The van der Waals surface area contributed by atoms with Crippen molar-refractivity contribution in [2.45, 2.75) is 38.8 Å². The van der Waals surface area contributed by atoms with Crippen LogP contribution < -0.4 is 5.32 Å². The fourth-order valence-corrected chi connectivity index (χ4v) is 2.34. The molecular formula is C13H20N2O2. The molecule has 0 spiro atoms. The van der Waals surface area contributed by atoms with E-state index in [1.807, 2.05) is 30.9 Å². The summed E-state index contributed by atoms with van der Waals surface area (Å²) >= 11 is 0. The van der Waals surface area contributed by atoms with Gasteiger partial charge < -0.3 is 14.6 Å². The molecule has 2 rings (SSSR count). The van der Waals surface area contributed by atoms with Crippen molar-refractivity contribution in [3.8, 4) is 0 Å². The Morgan fingerprint density at radius 3 is 3.00 bits per heavy atom. The predicted molar refractivity (Wildman–Crippen MR) is 65.4 cm³/mol. The van der Waals surface area contributed by atoms with Gasteiger partial charge in [0.1, 0.15) is 5.76 Å². The van der Waals surface area contributed by atoms with Crippen LogP contribution in [-0.4, -0.2) is 29.4 Å². The Morgan fingerprint density at radius 2 is 2.47 bits per heavy atom. The maximum atomic E-state index is 12.4. The first kappa shape index (κ1) is 12.2. The van der Waals surface area contributed by atoms with E-state index in [9.17, 15) is 4.79 Å². The summed E-state index contributed by atoms with van der Waals surface area (Å²) in [4.78, 5) is 14.3. The molecule has 17 heavy (non-hydrogen) atoms. The minimum Gasteiger partial charge on any atom is -0.467 e. The molecule has 94 valence electrons. The van der Waals surface area contributed by atoms with E-state index in [-0.39, 0.29) is 11.4 Å². The van der Waals surface area contributed by atoms with Gasteiger partial charge in [0.25, 0.3) is 0 Å². The minimum absolute atomic E-state index is 0.175. The van der Waals surface area contributed by atoms with Crippen LogP contribution in [0.25, 0.3) is 0 Å². The highest BCUT2D eigenvalue weighted by Crippen LogP contribution is 2.22. The molecule has 0 aliphatic carbocycles. The number of nitrogens with zero attached hydrogens (tertiary/aromatic N) is 1. The first-order valence-electron chi connectivity index (χ1n) is 6.22. The number of carbonyl (C=O) groups is 1. The Bertz CT molecular complexity index is 367. The summed E-state index contributed by atoms with van der Waals surface area (Å²) in [5.74, 6) is 1.01. The second kappa shape index (κ2) is 4.92. The molecule has 1 aromatic rings. The summed E-state index contributed by atoms with van der Waals surface area (Å²) in [5, 5.41) is 3.31. The molecule has 1 amide bonds. The second-order valence-electron chi connectivity index (χ2n) is 4.76. The quantitative estimate of drug-likeness (QED) is 0.866. The summed E-state index contributed by atoms with van der Waals surface area (Å²) in [5.41, 5.74) is -0.386. The van der Waals surface area contributed by atoms with Crippen molar-refractivity contribution in [3.63, 3.8) is 0 Å². The number of likely N-dealkylation sites (N-methyl/N-ethyl adjacent to an activating group) is 1. The van der Waals surface area contributed by atoms with Gasteiger partial charge >= 0.3 is 0 Å². The number of furan rings is 1. The van der Waals surface area contributed by atoms with E-state index in [4.69, 9.17) is 4.42 Å². The smallest absolute Gasteiger partial charge is 0.242 e. The summed E-state index contributed by atoms with van der Waals surface area (Å²) < 4.78 is 5.30. The molecule has 1 atom stereocenters. The van der Waals surface area contributed by atoms with E-state index in [0.717, 1.165) is 25.1 Å². The van der Waals surface area contributed by atoms with Gasteiger partial charge in [0.05, 0.1) is 18.3 Å². The molecule has 4 heteroatoms. The SMILES string of the molecule is CCN(Cc1ccco1)C(=O)C1(C)CCCN1. The molecule has 0 radical (unpaired) electrons. The highest BCUT2D eigenvalue weighted by Gasteiger charge is 2.38. The van der Waals surface area contributed by atoms with E-state index in [1.54, 1.807) is 6.26 Å². The molecule has 1 aliphatic heterocycles. The molecule has 0 bridgehead atoms. The third-order valence-corrected chi connectivity index (χ3v) is 3.44. The van der Waals surface area contributed by atoms with Crippen LogP contribution >= 0.6 is 0 Å². The van der Waals surface area contributed by atoms with Gasteiger partial charge in [0.15, 0.2) is 0 Å². The predicted octanol–water partition coefficient (Wildman–Crippen LogP) is 1.77. The molecule has 1 aliphatic rings. The molecule has 1 N–H and O–H groups in total. The lowest BCUT2D eigenvalue weighted by Gasteiger charge is -2.30. The van der Waals surface area contributed by atoms with Gasteiger partial charge in [-0.2, -0.15) is 0 Å². The van der Waals surface area contributed by atoms with Crippen LogP contribution in [0.5, 0.6) is 0 Å². The molecule has 1 saturated heterocycles. The van der Waals surface area contributed by atoms with Gasteiger partial charge in [-0.3, -0.25) is 4.79 Å². The minimum atomic E-state index is -0.386. The van der Waals surface area contributed by atoms with Crippen molar-refractivity contribution >= 4 is 5.91 Å². The first-order valence-corrected chi connectivity index (χ1v) is 6.22. The Balaban J connectivity index is 2.05. The normalized spacial score (nSPS) is 23.9. The van der Waals surface area contributed by atoms with E-state index >= 15 is 0 Å². The summed E-state index contributed by atoms with van der Waals surface area (Å²) in [7, 11) is 0. The third kappa shape index (κ3) is 2.52. The summed E-state index contributed by atoms with van der Waals surface area (Å²) in [6, 6.07) is 3.75. The molecular weight excluding hydrogens is 216 g/mol. The summed E-state index contributed by atoms with van der Waals surface area (Å²) in [6.45, 7) is 6.18. The van der Waals surface area contributed by atoms with Crippen LogP contribution in [0.3, 0.4) is 0 Å². The molecule has 2 heterocycles. The first-order chi connectivity index (χ1) is 8.15. The van der Waals surface area contributed by atoms with Gasteiger partial charge in [-0.25, -0.2) is 0 Å². The van der Waals surface area contributed by atoms with Crippen molar-refractivity contribution in [3.05, 3.63) is 24.2 Å². The second-order valence-corrected chi connectivity index (χ2v) is 4.76. The van der Waals surface area contributed by atoms with E-state index < -0.39 is 0 Å². The maximum Gasteiger partial charge on any atom is 0.242 e. The topological polar surface area (TPSA) is 45.5 Å². The number of hydrogen-bond donors (Lipinski definition) is 1. The zero-order valence-electron chi connectivity index (χ0n) is 10.5. The average molecular weight is 236 g/mol. The molecule has 4 nitrogen and oxygen atoms in total. The van der Waals surface area contributed by atoms with Crippen LogP contribution in [0, 0.1) is 0 Å². The van der Waals surface area contributed by atoms with Gasteiger partial charge in [0.2, 0.25) is 5.91 Å². The molecule has 0 aromatic carbocycles. The molecule has 0 saturated carbocycles. The van der Waals surface area contributed by atoms with Crippen molar-refractivity contribution in [1.29, 1.82) is 0 Å². The number of amides is 1. The number of rotatable bonds is 4. The fourth-order valence-electron chi connectivity index (χ4n) is 2.34. The van der Waals surface area contributed by atoms with Crippen LogP contribution in [0.2, 0.25) is 0 Å². The average Bonchev–Trinajstić information content (AvgIpc) is 2.97. The van der Waals surface area contributed by atoms with Gasteiger partial charge in [-0.05, 0) is 45.4 Å². The van der Waals surface area contributed by atoms with Crippen LogP contribution in [-0.2, 0) is 11.3 Å². The van der Waals surface area contributed by atoms with Crippen molar-refractivity contribution in [1.82, 2.24) is 10.2 Å². The monoisotopic (exact) mass is 236 g/mol. The lowest BCUT2D eigenvalue weighted by Crippen LogP contribution is -2.52. The van der Waals surface area contributed by atoms with Crippen molar-refractivity contribution in [2.75, 3.05) is 13.1 Å². The number of hydrogen-bond acceptors (Lipinski definition) is 3. The number of carbonyl (C=O) groups excluding carboxylic acids is 1. The standard InChI is InChI=1S/C13H20N2O2/c1-3-15(10-11-6-4-9-17-11)12(16)13(2)7-5-8-14-13/h4,6,9,14H,3,5,7-8,10H2,1-2H3. The van der Waals surface area contributed by atoms with Gasteiger partial charge in [-0.15, -0.1) is 0 Å². The Morgan fingerprint density at radius 1 is 1.65 bits per heavy atom. The fraction of sp³-hybridized carbons (Fsp3) is 0.615. The Hall–Kier alpha value is -1.29. The molecule has 1 aromatic heterocycles. The van der Waals surface area contributed by atoms with Crippen molar-refractivity contribution < 1.29 is 9.21 Å². The third-order valence-electron chi connectivity index (χ3n) is 3.44. The zero-order chi connectivity index (χ0) is 12.3. The lowest BCUT2D eigenvalue weighted by molar-refractivity contribution is -0.137. The Kier molecular flexibility index (Phi) is 3.52. The van der Waals surface area contributed by atoms with E-state index in [2.05, 4.69) is 5.32 Å². The molecule has 1 unspecified atom stereocenters. The van der Waals surface area contributed by atoms with Crippen LogP contribution in [0.15, 0.2) is 22.8 Å². The zero-order valence-corrected chi connectivity index (χ0v) is 10.5. The Labute approximate surface area is 102 Å². The van der Waals surface area contributed by atoms with Crippen LogP contribution in [0.4, 0.5) is 0 Å². The number of nitrogens with one attached hydrogen (secondary N) is 1.